The van der Waals surface area contributed by atoms with Crippen LogP contribution in [-0.4, -0.2) is 30.9 Å². The van der Waals surface area contributed by atoms with Crippen molar-refractivity contribution in [2.24, 2.45) is 7.05 Å². The van der Waals surface area contributed by atoms with Gasteiger partial charge in [-0.1, -0.05) is 23.9 Å². The van der Waals surface area contributed by atoms with Crippen LogP contribution >= 0.6 is 11.8 Å². The lowest BCUT2D eigenvalue weighted by atomic mass is 10.1. The van der Waals surface area contributed by atoms with Gasteiger partial charge < -0.3 is 9.88 Å². The normalized spacial score (nSPS) is 13.2. The highest BCUT2D eigenvalue weighted by molar-refractivity contribution is 8.00. The average Bonchev–Trinajstić information content (AvgIpc) is 3.03. The lowest BCUT2D eigenvalue weighted by molar-refractivity contribution is -0.120. The van der Waals surface area contributed by atoms with Crippen LogP contribution in [0.3, 0.4) is 0 Å². The van der Waals surface area contributed by atoms with E-state index in [1.54, 1.807) is 24.5 Å². The molecule has 2 unspecified atom stereocenters. The van der Waals surface area contributed by atoms with E-state index in [0.717, 1.165) is 11.1 Å². The summed E-state index contributed by atoms with van der Waals surface area (Å²) >= 11 is 1.33. The van der Waals surface area contributed by atoms with Crippen molar-refractivity contribution in [3.63, 3.8) is 0 Å². The summed E-state index contributed by atoms with van der Waals surface area (Å²) in [7, 11) is 1.86. The number of hydrogen-bond donors (Lipinski definition) is 1. The van der Waals surface area contributed by atoms with Gasteiger partial charge in [-0.05, 0) is 43.7 Å². The Bertz CT molecular complexity index is 914. The van der Waals surface area contributed by atoms with E-state index in [1.165, 1.54) is 23.9 Å². The average molecular weight is 385 g/mol. The van der Waals surface area contributed by atoms with Gasteiger partial charge in [0.25, 0.3) is 0 Å². The second kappa shape index (κ2) is 8.30. The molecule has 1 amide bonds. The highest BCUT2D eigenvalue weighted by atomic mass is 32.2. The second-order valence-electron chi connectivity index (χ2n) is 6.15. The summed E-state index contributed by atoms with van der Waals surface area (Å²) in [5, 5.41) is 11.6. The number of halogens is 1. The predicted octanol–water partition coefficient (Wildman–Crippen LogP) is 3.37. The Labute approximate surface area is 161 Å². The Morgan fingerprint density at radius 1 is 1.19 bits per heavy atom. The smallest absolute Gasteiger partial charge is 0.233 e. The quantitative estimate of drug-likeness (QED) is 0.659. The SMILES string of the molecule is CC(Sc1nnc(-c2cccnc2)n1C)C(=O)NC(C)c1ccc(F)cc1. The molecule has 0 fully saturated rings. The highest BCUT2D eigenvalue weighted by Gasteiger charge is 2.21. The van der Waals surface area contributed by atoms with Crippen LogP contribution in [0.5, 0.6) is 0 Å². The summed E-state index contributed by atoms with van der Waals surface area (Å²) < 4.78 is 14.9. The van der Waals surface area contributed by atoms with Crippen molar-refractivity contribution in [1.29, 1.82) is 0 Å². The van der Waals surface area contributed by atoms with Crippen molar-refractivity contribution in [3.8, 4) is 11.4 Å². The number of hydrogen-bond acceptors (Lipinski definition) is 5. The third kappa shape index (κ3) is 4.51. The van der Waals surface area contributed by atoms with Crippen molar-refractivity contribution in [2.45, 2.75) is 30.3 Å². The molecule has 3 rings (SSSR count). The van der Waals surface area contributed by atoms with Gasteiger partial charge in [0, 0.05) is 25.0 Å². The van der Waals surface area contributed by atoms with E-state index in [-0.39, 0.29) is 23.0 Å². The zero-order chi connectivity index (χ0) is 19.4. The first-order valence-corrected chi connectivity index (χ1v) is 9.36. The number of rotatable bonds is 6. The van der Waals surface area contributed by atoms with Gasteiger partial charge in [0.05, 0.1) is 11.3 Å². The summed E-state index contributed by atoms with van der Waals surface area (Å²) in [5.74, 6) is 0.272. The Kier molecular flexibility index (Phi) is 5.85. The molecule has 0 radical (unpaired) electrons. The van der Waals surface area contributed by atoms with E-state index in [1.807, 2.05) is 37.6 Å². The van der Waals surface area contributed by atoms with E-state index in [4.69, 9.17) is 0 Å². The second-order valence-corrected chi connectivity index (χ2v) is 7.46. The first kappa shape index (κ1) is 19.0. The van der Waals surface area contributed by atoms with Gasteiger partial charge in [0.1, 0.15) is 5.82 Å². The highest BCUT2D eigenvalue weighted by Crippen LogP contribution is 2.25. The molecule has 0 aliphatic heterocycles. The third-order valence-electron chi connectivity index (χ3n) is 4.13. The van der Waals surface area contributed by atoms with Crippen LogP contribution in [0.1, 0.15) is 25.5 Å². The molecule has 0 saturated heterocycles. The van der Waals surface area contributed by atoms with E-state index >= 15 is 0 Å². The largest absolute Gasteiger partial charge is 0.349 e. The van der Waals surface area contributed by atoms with E-state index < -0.39 is 0 Å². The fourth-order valence-corrected chi connectivity index (χ4v) is 3.36. The first-order valence-electron chi connectivity index (χ1n) is 8.48. The molecule has 0 bridgehead atoms. The number of nitrogens with zero attached hydrogens (tertiary/aromatic N) is 4. The minimum Gasteiger partial charge on any atom is -0.349 e. The van der Waals surface area contributed by atoms with Crippen molar-refractivity contribution in [2.75, 3.05) is 0 Å². The summed E-state index contributed by atoms with van der Waals surface area (Å²) in [4.78, 5) is 16.6. The van der Waals surface area contributed by atoms with Crippen molar-refractivity contribution in [3.05, 3.63) is 60.2 Å². The monoisotopic (exact) mass is 385 g/mol. The molecule has 2 aromatic heterocycles. The first-order chi connectivity index (χ1) is 13.0. The maximum absolute atomic E-state index is 13.0. The number of aromatic nitrogens is 4. The van der Waals surface area contributed by atoms with E-state index in [2.05, 4.69) is 20.5 Å². The van der Waals surface area contributed by atoms with Gasteiger partial charge in [-0.25, -0.2) is 4.39 Å². The molecule has 8 heteroatoms. The minimum absolute atomic E-state index is 0.122. The molecule has 0 spiro atoms. The number of pyridine rings is 1. The standard InChI is InChI=1S/C19H20FN5OS/c1-12(14-6-8-16(20)9-7-14)22-18(26)13(2)27-19-24-23-17(25(19)3)15-5-4-10-21-11-15/h4-13H,1-3H3,(H,22,26). The van der Waals surface area contributed by atoms with Crippen LogP contribution < -0.4 is 5.32 Å². The van der Waals surface area contributed by atoms with E-state index in [0.29, 0.717) is 11.0 Å². The Balaban J connectivity index is 1.65. The van der Waals surface area contributed by atoms with Gasteiger partial charge in [-0.15, -0.1) is 10.2 Å². The zero-order valence-corrected chi connectivity index (χ0v) is 16.1. The predicted molar refractivity (Wildman–Crippen MR) is 103 cm³/mol. The summed E-state index contributed by atoms with van der Waals surface area (Å²) in [6.45, 7) is 3.68. The van der Waals surface area contributed by atoms with Crippen LogP contribution in [-0.2, 0) is 11.8 Å². The molecule has 0 aliphatic carbocycles. The van der Waals surface area contributed by atoms with Gasteiger partial charge >= 0.3 is 0 Å². The summed E-state index contributed by atoms with van der Waals surface area (Å²) in [5.41, 5.74) is 1.71. The van der Waals surface area contributed by atoms with E-state index in [9.17, 15) is 9.18 Å². The third-order valence-corrected chi connectivity index (χ3v) is 5.27. The van der Waals surface area contributed by atoms with Crippen LogP contribution in [0.25, 0.3) is 11.4 Å². The number of thioether (sulfide) groups is 1. The molecule has 1 N–H and O–H groups in total. The maximum Gasteiger partial charge on any atom is 0.233 e. The molecular weight excluding hydrogens is 365 g/mol. The van der Waals surface area contributed by atoms with Gasteiger partial charge in [0.15, 0.2) is 11.0 Å². The molecule has 1 aromatic carbocycles. The molecular formula is C19H20FN5OS. The number of nitrogens with one attached hydrogen (secondary N) is 1. The molecule has 3 aromatic rings. The van der Waals surface area contributed by atoms with Gasteiger partial charge in [-0.3, -0.25) is 9.78 Å². The molecule has 2 atom stereocenters. The molecule has 140 valence electrons. The fourth-order valence-electron chi connectivity index (χ4n) is 2.54. The van der Waals surface area contributed by atoms with Crippen LogP contribution in [0.2, 0.25) is 0 Å². The molecule has 0 saturated carbocycles. The molecule has 6 nitrogen and oxygen atoms in total. The number of benzene rings is 1. The summed E-state index contributed by atoms with van der Waals surface area (Å²) in [6.07, 6.45) is 3.42. The van der Waals surface area contributed by atoms with Gasteiger partial charge in [-0.2, -0.15) is 0 Å². The number of amides is 1. The van der Waals surface area contributed by atoms with Crippen LogP contribution in [0, 0.1) is 5.82 Å². The zero-order valence-electron chi connectivity index (χ0n) is 15.3. The molecule has 0 aliphatic rings. The molecule has 2 heterocycles. The number of carbonyl (C=O) groups is 1. The molecule has 27 heavy (non-hydrogen) atoms. The van der Waals surface area contributed by atoms with Crippen molar-refractivity contribution >= 4 is 17.7 Å². The Morgan fingerprint density at radius 3 is 2.59 bits per heavy atom. The summed E-state index contributed by atoms with van der Waals surface area (Å²) in [6, 6.07) is 9.63. The number of carbonyl (C=O) groups excluding carboxylic acids is 1. The lowest BCUT2D eigenvalue weighted by Gasteiger charge is -2.17. The van der Waals surface area contributed by atoms with Crippen LogP contribution in [0.15, 0.2) is 53.9 Å². The Morgan fingerprint density at radius 2 is 1.93 bits per heavy atom. The fraction of sp³-hybridized carbons (Fsp3) is 0.263. The maximum atomic E-state index is 13.0. The van der Waals surface area contributed by atoms with Crippen molar-refractivity contribution in [1.82, 2.24) is 25.1 Å². The topological polar surface area (TPSA) is 72.7 Å². The Hall–Kier alpha value is -2.74. The van der Waals surface area contributed by atoms with Crippen molar-refractivity contribution < 1.29 is 9.18 Å². The lowest BCUT2D eigenvalue weighted by Crippen LogP contribution is -2.33. The van der Waals surface area contributed by atoms with Crippen LogP contribution in [0.4, 0.5) is 4.39 Å². The minimum atomic E-state index is -0.363. The van der Waals surface area contributed by atoms with Gasteiger partial charge in [0.2, 0.25) is 5.91 Å².